The largest absolute Gasteiger partial charge is 0.378 e. The van der Waals surface area contributed by atoms with E-state index in [1.807, 2.05) is 37.3 Å². The summed E-state index contributed by atoms with van der Waals surface area (Å²) in [6, 6.07) is 14.2. The number of nitriles is 1. The van der Waals surface area contributed by atoms with Crippen LogP contribution in [-0.4, -0.2) is 10.2 Å². The van der Waals surface area contributed by atoms with Gasteiger partial charge in [0.05, 0.1) is 11.2 Å². The summed E-state index contributed by atoms with van der Waals surface area (Å²) in [4.78, 5) is 0. The van der Waals surface area contributed by atoms with E-state index in [0.717, 1.165) is 16.5 Å². The van der Waals surface area contributed by atoms with Crippen LogP contribution in [0.5, 0.6) is 0 Å². The highest BCUT2D eigenvalue weighted by Gasteiger charge is 2.10. The topological polar surface area (TPSA) is 61.6 Å². The Morgan fingerprint density at radius 1 is 1.18 bits per heavy atom. The molecule has 1 N–H and O–H groups in total. The van der Waals surface area contributed by atoms with E-state index in [0.29, 0.717) is 17.7 Å². The zero-order chi connectivity index (χ0) is 15.5. The van der Waals surface area contributed by atoms with Gasteiger partial charge >= 0.3 is 0 Å². The number of anilines is 1. The molecule has 0 atom stereocenters. The molecule has 0 aliphatic carbocycles. The first kappa shape index (κ1) is 14.0. The third kappa shape index (κ3) is 2.72. The molecule has 0 spiro atoms. The van der Waals surface area contributed by atoms with E-state index in [9.17, 15) is 9.65 Å². The van der Waals surface area contributed by atoms with E-state index in [2.05, 4.69) is 15.5 Å². The van der Waals surface area contributed by atoms with Gasteiger partial charge in [-0.1, -0.05) is 23.8 Å². The van der Waals surface area contributed by atoms with Crippen LogP contribution in [0.2, 0.25) is 0 Å². The Kier molecular flexibility index (Phi) is 3.67. The summed E-state index contributed by atoms with van der Waals surface area (Å²) >= 11 is 0. The van der Waals surface area contributed by atoms with E-state index in [-0.39, 0.29) is 11.5 Å². The maximum atomic E-state index is 13.2. The number of nitrogens with one attached hydrogen (secondary N) is 1. The second-order valence-electron chi connectivity index (χ2n) is 5.04. The van der Waals surface area contributed by atoms with Crippen LogP contribution in [-0.2, 0) is 6.54 Å². The molecule has 3 rings (SSSR count). The monoisotopic (exact) mass is 292 g/mol. The number of halogens is 1. The summed E-state index contributed by atoms with van der Waals surface area (Å²) in [7, 11) is 0. The molecule has 0 aliphatic rings. The molecular weight excluding hydrogens is 279 g/mol. The summed E-state index contributed by atoms with van der Waals surface area (Å²) < 4.78 is 13.2. The van der Waals surface area contributed by atoms with Crippen molar-refractivity contribution in [3.8, 4) is 6.07 Å². The normalized spacial score (nSPS) is 10.4. The molecule has 1 heterocycles. The molecule has 0 amide bonds. The maximum absolute atomic E-state index is 13.2. The molecule has 3 aromatic rings. The summed E-state index contributed by atoms with van der Waals surface area (Å²) in [5, 5.41) is 21.2. The molecule has 0 bridgehead atoms. The van der Waals surface area contributed by atoms with Gasteiger partial charge in [0.25, 0.3) is 0 Å². The van der Waals surface area contributed by atoms with E-state index in [1.165, 1.54) is 12.1 Å². The molecule has 0 fully saturated rings. The van der Waals surface area contributed by atoms with Crippen molar-refractivity contribution in [3.63, 3.8) is 0 Å². The van der Waals surface area contributed by atoms with Gasteiger partial charge in [-0.05, 0) is 36.8 Å². The Morgan fingerprint density at radius 2 is 2.05 bits per heavy atom. The molecule has 1 aromatic heterocycles. The quantitative estimate of drug-likeness (QED) is 0.801. The molecular formula is C17H13FN4. The van der Waals surface area contributed by atoms with E-state index in [4.69, 9.17) is 0 Å². The standard InChI is InChI=1S/C17H13FN4/c1-11-5-6-15-14(7-11)17(16(9-19)22-21-15)20-10-12-3-2-4-13(18)8-12/h2-8H,10H2,1H3,(H,20,21). The van der Waals surface area contributed by atoms with Crippen LogP contribution in [0.1, 0.15) is 16.8 Å². The highest BCUT2D eigenvalue weighted by Crippen LogP contribution is 2.25. The van der Waals surface area contributed by atoms with Crippen molar-refractivity contribution in [1.82, 2.24) is 10.2 Å². The number of fused-ring (bicyclic) bond motifs is 1. The van der Waals surface area contributed by atoms with Gasteiger partial charge in [0.1, 0.15) is 11.9 Å². The van der Waals surface area contributed by atoms with Gasteiger partial charge in [-0.15, -0.1) is 10.2 Å². The number of hydrogen-bond acceptors (Lipinski definition) is 4. The Morgan fingerprint density at radius 3 is 2.82 bits per heavy atom. The lowest BCUT2D eigenvalue weighted by molar-refractivity contribution is 0.626. The van der Waals surface area contributed by atoms with Crippen LogP contribution in [0, 0.1) is 24.1 Å². The zero-order valence-corrected chi connectivity index (χ0v) is 12.0. The van der Waals surface area contributed by atoms with Gasteiger partial charge in [0.2, 0.25) is 0 Å². The maximum Gasteiger partial charge on any atom is 0.186 e. The predicted molar refractivity (Wildman–Crippen MR) is 82.7 cm³/mol. The molecule has 5 heteroatoms. The Balaban J connectivity index is 2.01. The highest BCUT2D eigenvalue weighted by molar-refractivity contribution is 5.93. The van der Waals surface area contributed by atoms with Gasteiger partial charge in [-0.2, -0.15) is 5.26 Å². The predicted octanol–water partition coefficient (Wildman–Crippen LogP) is 3.56. The minimum atomic E-state index is -0.284. The van der Waals surface area contributed by atoms with Crippen molar-refractivity contribution in [3.05, 3.63) is 65.1 Å². The fourth-order valence-electron chi connectivity index (χ4n) is 2.31. The van der Waals surface area contributed by atoms with Crippen molar-refractivity contribution < 1.29 is 4.39 Å². The molecule has 0 radical (unpaired) electrons. The molecule has 0 unspecified atom stereocenters. The fourth-order valence-corrected chi connectivity index (χ4v) is 2.31. The third-order valence-electron chi connectivity index (χ3n) is 3.38. The minimum Gasteiger partial charge on any atom is -0.378 e. The summed E-state index contributed by atoms with van der Waals surface area (Å²) in [6.45, 7) is 2.38. The van der Waals surface area contributed by atoms with Crippen molar-refractivity contribution in [1.29, 1.82) is 5.26 Å². The molecule has 4 nitrogen and oxygen atoms in total. The highest BCUT2D eigenvalue weighted by atomic mass is 19.1. The first-order chi connectivity index (χ1) is 10.7. The van der Waals surface area contributed by atoms with Crippen LogP contribution in [0.15, 0.2) is 42.5 Å². The number of aryl methyl sites for hydroxylation is 1. The first-order valence-corrected chi connectivity index (χ1v) is 6.83. The number of aromatic nitrogens is 2. The van der Waals surface area contributed by atoms with Crippen molar-refractivity contribution in [2.24, 2.45) is 0 Å². The van der Waals surface area contributed by atoms with Crippen molar-refractivity contribution in [2.75, 3.05) is 5.32 Å². The molecule has 0 aliphatic heterocycles. The molecule has 108 valence electrons. The second kappa shape index (κ2) is 5.78. The summed E-state index contributed by atoms with van der Waals surface area (Å²) in [6.07, 6.45) is 0. The SMILES string of the molecule is Cc1ccc2nnc(C#N)c(NCc3cccc(F)c3)c2c1. The van der Waals surface area contributed by atoms with E-state index in [1.54, 1.807) is 6.07 Å². The van der Waals surface area contributed by atoms with Gasteiger partial charge in [0.15, 0.2) is 5.69 Å². The molecule has 0 saturated carbocycles. The van der Waals surface area contributed by atoms with Gasteiger partial charge in [-0.25, -0.2) is 4.39 Å². The van der Waals surface area contributed by atoms with Crippen LogP contribution < -0.4 is 5.32 Å². The van der Waals surface area contributed by atoms with Crippen LogP contribution >= 0.6 is 0 Å². The van der Waals surface area contributed by atoms with E-state index >= 15 is 0 Å². The van der Waals surface area contributed by atoms with Crippen molar-refractivity contribution >= 4 is 16.6 Å². The third-order valence-corrected chi connectivity index (χ3v) is 3.38. The Hall–Kier alpha value is -3.00. The second-order valence-corrected chi connectivity index (χ2v) is 5.04. The van der Waals surface area contributed by atoms with Gasteiger partial charge in [-0.3, -0.25) is 0 Å². The number of hydrogen-bond donors (Lipinski definition) is 1. The minimum absolute atomic E-state index is 0.231. The molecule has 0 saturated heterocycles. The lowest BCUT2D eigenvalue weighted by Gasteiger charge is -2.11. The van der Waals surface area contributed by atoms with E-state index < -0.39 is 0 Å². The number of rotatable bonds is 3. The van der Waals surface area contributed by atoms with Crippen LogP contribution in [0.25, 0.3) is 10.9 Å². The average molecular weight is 292 g/mol. The van der Waals surface area contributed by atoms with Crippen LogP contribution in [0.4, 0.5) is 10.1 Å². The van der Waals surface area contributed by atoms with Gasteiger partial charge in [0, 0.05) is 11.9 Å². The molecule has 2 aromatic carbocycles. The Labute approximate surface area is 127 Å². The van der Waals surface area contributed by atoms with Crippen molar-refractivity contribution in [2.45, 2.75) is 13.5 Å². The first-order valence-electron chi connectivity index (χ1n) is 6.83. The smallest absolute Gasteiger partial charge is 0.186 e. The summed E-state index contributed by atoms with van der Waals surface area (Å²) in [5.41, 5.74) is 3.43. The summed E-state index contributed by atoms with van der Waals surface area (Å²) in [5.74, 6) is -0.284. The fraction of sp³-hybridized carbons (Fsp3) is 0.118. The molecule has 22 heavy (non-hydrogen) atoms. The van der Waals surface area contributed by atoms with Crippen LogP contribution in [0.3, 0.4) is 0 Å². The lowest BCUT2D eigenvalue weighted by atomic mass is 10.1. The zero-order valence-electron chi connectivity index (χ0n) is 12.0. The van der Waals surface area contributed by atoms with Gasteiger partial charge < -0.3 is 5.32 Å². The number of benzene rings is 2. The number of nitrogens with zero attached hydrogens (tertiary/aromatic N) is 3. The Bertz CT molecular complexity index is 883. The lowest BCUT2D eigenvalue weighted by Crippen LogP contribution is -2.05. The average Bonchev–Trinajstić information content (AvgIpc) is 2.52.